The van der Waals surface area contributed by atoms with Crippen molar-refractivity contribution in [3.63, 3.8) is 0 Å². The molecule has 2 aliphatic heterocycles. The van der Waals surface area contributed by atoms with Gasteiger partial charge in [0.1, 0.15) is 6.29 Å². The number of hydrogen-bond donors (Lipinski definition) is 0. The molecule has 2 atom stereocenters. The van der Waals surface area contributed by atoms with Crippen molar-refractivity contribution in [3.05, 3.63) is 71.9 Å². The number of benzene rings is 2. The Balaban J connectivity index is 1.30. The highest BCUT2D eigenvalue weighted by Crippen LogP contribution is 2.39. The molecule has 1 aromatic heterocycles. The van der Waals surface area contributed by atoms with E-state index in [1.807, 2.05) is 0 Å². The molecule has 2 saturated heterocycles. The zero-order valence-electron chi connectivity index (χ0n) is 22.5. The van der Waals surface area contributed by atoms with E-state index in [1.54, 1.807) is 0 Å². The van der Waals surface area contributed by atoms with Crippen molar-refractivity contribution in [2.75, 3.05) is 40.3 Å². The van der Waals surface area contributed by atoms with Crippen LogP contribution in [0.15, 0.2) is 60.8 Å². The van der Waals surface area contributed by atoms with Gasteiger partial charge in [-0.3, -0.25) is 14.6 Å². The molecular formula is C31H40N4O2. The largest absolute Gasteiger partial charge is 0.350 e. The number of aryl methyl sites for hydroxylation is 1. The zero-order chi connectivity index (χ0) is 26.0. The number of carbonyl (C=O) groups excluding carboxylic acids is 2. The van der Waals surface area contributed by atoms with Crippen LogP contribution in [0.4, 0.5) is 0 Å². The van der Waals surface area contributed by atoms with E-state index in [2.05, 4.69) is 101 Å². The van der Waals surface area contributed by atoms with Gasteiger partial charge in [-0.25, -0.2) is 0 Å². The van der Waals surface area contributed by atoms with Crippen molar-refractivity contribution in [2.45, 2.75) is 43.7 Å². The fourth-order valence-corrected chi connectivity index (χ4v) is 6.79. The molecule has 196 valence electrons. The van der Waals surface area contributed by atoms with Gasteiger partial charge in [-0.15, -0.1) is 0 Å². The van der Waals surface area contributed by atoms with Crippen LogP contribution in [-0.4, -0.2) is 71.7 Å². The molecule has 0 radical (unpaired) electrons. The summed E-state index contributed by atoms with van der Waals surface area (Å²) >= 11 is 0. The number of likely N-dealkylation sites (tertiary alicyclic amines) is 2. The summed E-state index contributed by atoms with van der Waals surface area (Å²) in [6.07, 6.45) is 7.43. The molecule has 0 aliphatic carbocycles. The Morgan fingerprint density at radius 1 is 1.05 bits per heavy atom. The van der Waals surface area contributed by atoms with Gasteiger partial charge < -0.3 is 14.3 Å². The third-order valence-corrected chi connectivity index (χ3v) is 8.92. The number of fused-ring (bicyclic) bond motifs is 1. The number of nitrogens with zero attached hydrogens (tertiary/aromatic N) is 4. The van der Waals surface area contributed by atoms with Gasteiger partial charge in [0.15, 0.2) is 0 Å². The van der Waals surface area contributed by atoms with Gasteiger partial charge in [0, 0.05) is 61.8 Å². The lowest BCUT2D eigenvalue weighted by Crippen LogP contribution is -2.54. The van der Waals surface area contributed by atoms with E-state index in [1.165, 1.54) is 22.0 Å². The van der Waals surface area contributed by atoms with Crippen molar-refractivity contribution in [3.8, 4) is 0 Å². The first-order valence-corrected chi connectivity index (χ1v) is 13.7. The van der Waals surface area contributed by atoms with Gasteiger partial charge in [-0.1, -0.05) is 48.5 Å². The minimum absolute atomic E-state index is 0.0000252. The number of aldehydes is 1. The lowest BCUT2D eigenvalue weighted by atomic mass is 9.79. The van der Waals surface area contributed by atoms with Crippen LogP contribution in [0, 0.1) is 5.92 Å². The molecule has 2 unspecified atom stereocenters. The third kappa shape index (κ3) is 4.85. The Morgan fingerprint density at radius 3 is 2.46 bits per heavy atom. The van der Waals surface area contributed by atoms with Crippen LogP contribution in [0.1, 0.15) is 49.3 Å². The average molecular weight is 501 g/mol. The Bertz CT molecular complexity index is 1230. The fraction of sp³-hybridized carbons (Fsp3) is 0.484. The Hall–Kier alpha value is -2.96. The standard InChI is InChI=1S/C31H40N4O2/c1-32(2)31(25-11-5-4-6-12-25)16-19-34(20-17-31)30(37)24-10-9-18-35(22-24)29(15-21-36)27-23-33(3)28-14-8-7-13-26(27)28/h4-8,11-14,21,23-24,29H,9-10,15-20,22H2,1-3H3. The maximum atomic E-state index is 13.8. The van der Waals surface area contributed by atoms with E-state index >= 15 is 0 Å². The van der Waals surface area contributed by atoms with Gasteiger partial charge >= 0.3 is 0 Å². The van der Waals surface area contributed by atoms with E-state index in [-0.39, 0.29) is 23.4 Å². The molecule has 6 heteroatoms. The molecule has 0 saturated carbocycles. The predicted molar refractivity (Wildman–Crippen MR) is 148 cm³/mol. The first kappa shape index (κ1) is 25.7. The number of para-hydroxylation sites is 1. The van der Waals surface area contributed by atoms with Crippen molar-refractivity contribution in [1.29, 1.82) is 0 Å². The van der Waals surface area contributed by atoms with E-state index in [0.717, 1.165) is 51.6 Å². The second-order valence-corrected chi connectivity index (χ2v) is 11.1. The van der Waals surface area contributed by atoms with Gasteiger partial charge in [-0.2, -0.15) is 0 Å². The monoisotopic (exact) mass is 500 g/mol. The molecular weight excluding hydrogens is 460 g/mol. The quantitative estimate of drug-likeness (QED) is 0.445. The number of rotatable bonds is 7. The van der Waals surface area contributed by atoms with Gasteiger partial charge in [0.25, 0.3) is 0 Å². The highest BCUT2D eigenvalue weighted by molar-refractivity contribution is 5.85. The van der Waals surface area contributed by atoms with E-state index in [0.29, 0.717) is 13.0 Å². The molecule has 2 fully saturated rings. The Kier molecular flexibility index (Phi) is 7.50. The summed E-state index contributed by atoms with van der Waals surface area (Å²) < 4.78 is 2.15. The molecule has 5 rings (SSSR count). The number of aromatic nitrogens is 1. The minimum atomic E-state index is -0.0277. The maximum Gasteiger partial charge on any atom is 0.226 e. The molecule has 2 aliphatic rings. The van der Waals surface area contributed by atoms with Crippen LogP contribution < -0.4 is 0 Å². The summed E-state index contributed by atoms with van der Waals surface area (Å²) in [6, 6.07) is 19.1. The molecule has 0 bridgehead atoms. The molecule has 0 spiro atoms. The molecule has 0 N–H and O–H groups in total. The maximum absolute atomic E-state index is 13.8. The van der Waals surface area contributed by atoms with Crippen LogP contribution in [0.5, 0.6) is 0 Å². The van der Waals surface area contributed by atoms with Crippen molar-refractivity contribution in [1.82, 2.24) is 19.3 Å². The summed E-state index contributed by atoms with van der Waals surface area (Å²) in [5, 5.41) is 1.20. The summed E-state index contributed by atoms with van der Waals surface area (Å²) in [6.45, 7) is 3.20. The second kappa shape index (κ2) is 10.8. The van der Waals surface area contributed by atoms with Crippen molar-refractivity contribution < 1.29 is 9.59 Å². The van der Waals surface area contributed by atoms with E-state index in [4.69, 9.17) is 0 Å². The first-order valence-electron chi connectivity index (χ1n) is 13.7. The Labute approximate surface area is 220 Å². The second-order valence-electron chi connectivity index (χ2n) is 11.1. The topological polar surface area (TPSA) is 48.8 Å². The third-order valence-electron chi connectivity index (χ3n) is 8.92. The smallest absolute Gasteiger partial charge is 0.226 e. The summed E-state index contributed by atoms with van der Waals surface area (Å²) in [5.41, 5.74) is 3.67. The Morgan fingerprint density at radius 2 is 1.76 bits per heavy atom. The fourth-order valence-electron chi connectivity index (χ4n) is 6.79. The number of piperidine rings is 2. The number of carbonyl (C=O) groups is 2. The number of hydrogen-bond acceptors (Lipinski definition) is 4. The van der Waals surface area contributed by atoms with Crippen LogP contribution in [0.3, 0.4) is 0 Å². The predicted octanol–water partition coefficient (Wildman–Crippen LogP) is 4.60. The minimum Gasteiger partial charge on any atom is -0.350 e. The lowest BCUT2D eigenvalue weighted by molar-refractivity contribution is -0.140. The average Bonchev–Trinajstić information content (AvgIpc) is 3.28. The van der Waals surface area contributed by atoms with E-state index < -0.39 is 0 Å². The molecule has 1 amide bonds. The zero-order valence-corrected chi connectivity index (χ0v) is 22.5. The first-order chi connectivity index (χ1) is 17.9. The molecule has 2 aromatic carbocycles. The summed E-state index contributed by atoms with van der Waals surface area (Å²) in [5.74, 6) is 0.273. The highest BCUT2D eigenvalue weighted by Gasteiger charge is 2.41. The van der Waals surface area contributed by atoms with Gasteiger partial charge in [0.2, 0.25) is 5.91 Å². The van der Waals surface area contributed by atoms with E-state index in [9.17, 15) is 9.59 Å². The normalized spacial score (nSPS) is 21.3. The van der Waals surface area contributed by atoms with Crippen LogP contribution in [-0.2, 0) is 22.2 Å². The molecule has 37 heavy (non-hydrogen) atoms. The summed E-state index contributed by atoms with van der Waals surface area (Å²) in [4.78, 5) is 32.3. The molecule has 6 nitrogen and oxygen atoms in total. The molecule has 3 aromatic rings. The number of amides is 1. The van der Waals surface area contributed by atoms with Crippen LogP contribution >= 0.6 is 0 Å². The van der Waals surface area contributed by atoms with Gasteiger partial charge in [-0.05, 0) is 63.5 Å². The lowest BCUT2D eigenvalue weighted by Gasteiger charge is -2.47. The van der Waals surface area contributed by atoms with Crippen LogP contribution in [0.25, 0.3) is 10.9 Å². The van der Waals surface area contributed by atoms with Crippen molar-refractivity contribution >= 4 is 23.1 Å². The molecule has 3 heterocycles. The van der Waals surface area contributed by atoms with Crippen molar-refractivity contribution in [2.24, 2.45) is 13.0 Å². The SMILES string of the molecule is CN(C)C1(c2ccccc2)CCN(C(=O)C2CCCN(C(CC=O)c3cn(C)c4ccccc34)C2)CC1. The van der Waals surface area contributed by atoms with Crippen LogP contribution in [0.2, 0.25) is 0 Å². The highest BCUT2D eigenvalue weighted by atomic mass is 16.2. The summed E-state index contributed by atoms with van der Waals surface area (Å²) in [7, 11) is 6.37. The van der Waals surface area contributed by atoms with Gasteiger partial charge in [0.05, 0.1) is 5.92 Å².